The summed E-state index contributed by atoms with van der Waals surface area (Å²) in [6, 6.07) is 3.35. The Kier molecular flexibility index (Phi) is 2.99. The molecule has 0 spiro atoms. The first kappa shape index (κ1) is 13.6. The number of hydrogen-bond acceptors (Lipinski definition) is 7. The molecule has 0 saturated carbocycles. The largest absolute Gasteiger partial charge is 0.281 e. The van der Waals surface area contributed by atoms with E-state index in [2.05, 4.69) is 0 Å². The van der Waals surface area contributed by atoms with Crippen LogP contribution in [0.15, 0.2) is 18.2 Å². The number of thioether (sulfide) groups is 1. The second-order valence-electron chi connectivity index (χ2n) is 4.17. The second kappa shape index (κ2) is 4.60. The highest BCUT2D eigenvalue weighted by atomic mass is 32.2. The quantitative estimate of drug-likeness (QED) is 0.346. The lowest BCUT2D eigenvalue weighted by molar-refractivity contribution is -0.384. The minimum atomic E-state index is -0.795. The number of hydrogen-bond donors (Lipinski definition) is 0. The Labute approximate surface area is 126 Å². The van der Waals surface area contributed by atoms with Crippen molar-refractivity contribution in [3.8, 4) is 0 Å². The summed E-state index contributed by atoms with van der Waals surface area (Å²) in [5.41, 5.74) is -0.402. The van der Waals surface area contributed by atoms with Crippen LogP contribution in [0.2, 0.25) is 0 Å². The van der Waals surface area contributed by atoms with Gasteiger partial charge in [-0.3, -0.25) is 24.5 Å². The van der Waals surface area contributed by atoms with Crippen molar-refractivity contribution >= 4 is 51.7 Å². The zero-order chi connectivity index (χ0) is 15.3. The van der Waals surface area contributed by atoms with Crippen LogP contribution < -0.4 is 0 Å². The number of carbonyl (C=O) groups excluding carboxylic acids is 3. The van der Waals surface area contributed by atoms with Gasteiger partial charge in [0.25, 0.3) is 23.4 Å². The number of nitrogens with zero attached hydrogens (tertiary/aromatic N) is 3. The Morgan fingerprint density at radius 1 is 1.14 bits per heavy atom. The zero-order valence-electron chi connectivity index (χ0n) is 10.1. The van der Waals surface area contributed by atoms with Crippen molar-refractivity contribution in [2.75, 3.05) is 5.75 Å². The van der Waals surface area contributed by atoms with Crippen molar-refractivity contribution in [1.29, 1.82) is 0 Å². The van der Waals surface area contributed by atoms with Crippen LogP contribution in [0.5, 0.6) is 0 Å². The van der Waals surface area contributed by atoms with Crippen molar-refractivity contribution in [3.63, 3.8) is 0 Å². The summed E-state index contributed by atoms with van der Waals surface area (Å²) in [6.45, 7) is 0. The van der Waals surface area contributed by atoms with Gasteiger partial charge in [0.15, 0.2) is 4.32 Å². The predicted octanol–water partition coefficient (Wildman–Crippen LogP) is 0.966. The van der Waals surface area contributed by atoms with Crippen LogP contribution >= 0.6 is 24.0 Å². The average molecular weight is 323 g/mol. The molecule has 1 saturated heterocycles. The summed E-state index contributed by atoms with van der Waals surface area (Å²) in [5, 5.41) is 12.2. The van der Waals surface area contributed by atoms with E-state index < -0.39 is 22.6 Å². The van der Waals surface area contributed by atoms with E-state index >= 15 is 0 Å². The first-order valence-electron chi connectivity index (χ1n) is 5.58. The normalized spacial score (nSPS) is 17.7. The molecular weight excluding hydrogens is 318 g/mol. The summed E-state index contributed by atoms with van der Waals surface area (Å²) in [5.74, 6) is -1.94. The molecule has 1 aromatic rings. The van der Waals surface area contributed by atoms with E-state index in [4.69, 9.17) is 12.2 Å². The summed E-state index contributed by atoms with van der Waals surface area (Å²) in [7, 11) is 0. The lowest BCUT2D eigenvalue weighted by atomic mass is 10.1. The number of rotatable bonds is 2. The zero-order valence-corrected chi connectivity index (χ0v) is 11.8. The summed E-state index contributed by atoms with van der Waals surface area (Å²) in [4.78, 5) is 46.3. The number of imide groups is 1. The number of carbonyl (C=O) groups is 3. The van der Waals surface area contributed by atoms with Crippen LogP contribution in [0.3, 0.4) is 0 Å². The number of amides is 3. The topological polar surface area (TPSA) is 101 Å². The van der Waals surface area contributed by atoms with E-state index in [-0.39, 0.29) is 26.9 Å². The van der Waals surface area contributed by atoms with Crippen molar-refractivity contribution < 1.29 is 19.3 Å². The van der Waals surface area contributed by atoms with Crippen LogP contribution in [0.1, 0.15) is 20.7 Å². The first-order valence-corrected chi connectivity index (χ1v) is 6.98. The molecule has 0 bridgehead atoms. The predicted molar refractivity (Wildman–Crippen MR) is 75.5 cm³/mol. The molecule has 0 N–H and O–H groups in total. The van der Waals surface area contributed by atoms with Crippen molar-refractivity contribution in [2.45, 2.75) is 0 Å². The third-order valence-electron chi connectivity index (χ3n) is 2.99. The number of thiocarbonyl (C=S) groups is 1. The van der Waals surface area contributed by atoms with Gasteiger partial charge in [-0.25, -0.2) is 0 Å². The Morgan fingerprint density at radius 2 is 1.81 bits per heavy atom. The van der Waals surface area contributed by atoms with Crippen LogP contribution in [-0.2, 0) is 4.79 Å². The molecule has 2 aliphatic rings. The maximum atomic E-state index is 12.3. The molecule has 0 radical (unpaired) electrons. The highest BCUT2D eigenvalue weighted by Gasteiger charge is 2.45. The molecule has 3 amide bonds. The maximum absolute atomic E-state index is 12.3. The Hall–Kier alpha value is -2.33. The molecule has 106 valence electrons. The molecular formula is C11H5N3O5S2. The number of nitro groups is 1. The van der Waals surface area contributed by atoms with E-state index in [1.165, 1.54) is 6.07 Å². The molecule has 10 heteroatoms. The monoisotopic (exact) mass is 323 g/mol. The Balaban J connectivity index is 2.07. The minimum absolute atomic E-state index is 0.0121. The van der Waals surface area contributed by atoms with E-state index in [0.717, 1.165) is 28.9 Å². The highest BCUT2D eigenvalue weighted by molar-refractivity contribution is 8.23. The smallest absolute Gasteiger partial charge is 0.272 e. The van der Waals surface area contributed by atoms with Gasteiger partial charge in [-0.05, 0) is 6.07 Å². The molecule has 1 aromatic carbocycles. The SMILES string of the molecule is O=C1CSC(=S)N1N1C(=O)c2ccc([N+](=O)[O-])cc2C1=O. The summed E-state index contributed by atoms with van der Waals surface area (Å²) in [6.07, 6.45) is 0. The highest BCUT2D eigenvalue weighted by Crippen LogP contribution is 2.31. The number of nitro benzene ring substituents is 1. The van der Waals surface area contributed by atoms with E-state index in [0.29, 0.717) is 5.01 Å². The van der Waals surface area contributed by atoms with Crippen LogP contribution in [0.25, 0.3) is 0 Å². The van der Waals surface area contributed by atoms with Gasteiger partial charge in [-0.2, -0.15) is 10.0 Å². The van der Waals surface area contributed by atoms with Crippen LogP contribution in [0, 0.1) is 10.1 Å². The van der Waals surface area contributed by atoms with Crippen molar-refractivity contribution in [1.82, 2.24) is 10.0 Å². The second-order valence-corrected chi connectivity index (χ2v) is 5.78. The molecule has 8 nitrogen and oxygen atoms in total. The Morgan fingerprint density at radius 3 is 2.38 bits per heavy atom. The van der Waals surface area contributed by atoms with Gasteiger partial charge in [0.1, 0.15) is 0 Å². The molecule has 21 heavy (non-hydrogen) atoms. The summed E-state index contributed by atoms with van der Waals surface area (Å²) < 4.78 is 0.101. The molecule has 0 atom stereocenters. The fraction of sp³-hybridized carbons (Fsp3) is 0.0909. The summed E-state index contributed by atoms with van der Waals surface area (Å²) >= 11 is 6.00. The van der Waals surface area contributed by atoms with Gasteiger partial charge < -0.3 is 0 Å². The molecule has 2 aliphatic heterocycles. The fourth-order valence-corrected chi connectivity index (χ4v) is 3.09. The molecule has 0 unspecified atom stereocenters. The van der Waals surface area contributed by atoms with Gasteiger partial charge in [0.05, 0.1) is 21.8 Å². The number of fused-ring (bicyclic) bond motifs is 1. The van der Waals surface area contributed by atoms with Gasteiger partial charge in [0, 0.05) is 12.1 Å². The molecule has 2 heterocycles. The maximum Gasteiger partial charge on any atom is 0.281 e. The van der Waals surface area contributed by atoms with E-state index in [1.54, 1.807) is 0 Å². The van der Waals surface area contributed by atoms with Gasteiger partial charge in [0.2, 0.25) is 0 Å². The third-order valence-corrected chi connectivity index (χ3v) is 4.33. The van der Waals surface area contributed by atoms with E-state index in [9.17, 15) is 24.5 Å². The van der Waals surface area contributed by atoms with Crippen LogP contribution in [-0.4, -0.2) is 42.7 Å². The lowest BCUT2D eigenvalue weighted by Gasteiger charge is -2.23. The number of hydrazine groups is 1. The van der Waals surface area contributed by atoms with Crippen molar-refractivity contribution in [3.05, 3.63) is 39.4 Å². The molecule has 0 aromatic heterocycles. The standard InChI is InChI=1S/C11H5N3O5S2/c15-8-4-21-11(20)12(8)13-9(16)6-2-1-5(14(18)19)3-7(6)10(13)17/h1-3H,4H2. The number of non-ortho nitro benzene ring substituents is 1. The molecule has 0 aliphatic carbocycles. The fourth-order valence-electron chi connectivity index (χ4n) is 2.05. The average Bonchev–Trinajstić information content (AvgIpc) is 2.89. The van der Waals surface area contributed by atoms with E-state index in [1.807, 2.05) is 0 Å². The van der Waals surface area contributed by atoms with Gasteiger partial charge in [-0.1, -0.05) is 24.0 Å². The Bertz CT molecular complexity index is 731. The van der Waals surface area contributed by atoms with Crippen LogP contribution in [0.4, 0.5) is 5.69 Å². The van der Waals surface area contributed by atoms with Gasteiger partial charge in [-0.15, -0.1) is 0 Å². The molecule has 1 fully saturated rings. The first-order chi connectivity index (χ1) is 9.91. The number of benzene rings is 1. The van der Waals surface area contributed by atoms with Crippen molar-refractivity contribution in [2.24, 2.45) is 0 Å². The molecule has 3 rings (SSSR count). The minimum Gasteiger partial charge on any atom is -0.272 e. The van der Waals surface area contributed by atoms with Gasteiger partial charge >= 0.3 is 0 Å². The lowest BCUT2D eigenvalue weighted by Crippen LogP contribution is -2.48. The third kappa shape index (κ3) is 1.91.